The maximum absolute atomic E-state index is 12.3. The molecule has 0 spiro atoms. The summed E-state index contributed by atoms with van der Waals surface area (Å²) in [5.41, 5.74) is 1.22. The van der Waals surface area contributed by atoms with Gasteiger partial charge in [0, 0.05) is 42.9 Å². The molecule has 5 nitrogen and oxygen atoms in total. The van der Waals surface area contributed by atoms with E-state index < -0.39 is 10.8 Å². The van der Waals surface area contributed by atoms with Crippen molar-refractivity contribution < 1.29 is 4.21 Å². The van der Waals surface area contributed by atoms with Crippen LogP contribution in [0.5, 0.6) is 0 Å². The standard InChI is InChI=1S/C20H32N4OS.HI/c1-4-21-20(22-12-15-26(25)19-8-6-5-7-9-19)23-18-10-13-24(14-11-18)16-17(2)3;/h5-9,18H,2,4,10-16H2,1,3H3,(H2,21,22,23);1H. The Morgan fingerprint density at radius 2 is 1.96 bits per heavy atom. The van der Waals surface area contributed by atoms with Crippen molar-refractivity contribution in [1.29, 1.82) is 0 Å². The van der Waals surface area contributed by atoms with E-state index >= 15 is 0 Å². The fourth-order valence-electron chi connectivity index (χ4n) is 3.06. The number of benzene rings is 1. The summed E-state index contributed by atoms with van der Waals surface area (Å²) < 4.78 is 12.3. The first-order valence-corrected chi connectivity index (χ1v) is 10.8. The first kappa shape index (κ1) is 24.1. The maximum atomic E-state index is 12.3. The van der Waals surface area contributed by atoms with Crippen LogP contribution in [0.3, 0.4) is 0 Å². The Labute approximate surface area is 183 Å². The van der Waals surface area contributed by atoms with E-state index in [0.29, 0.717) is 18.3 Å². The summed E-state index contributed by atoms with van der Waals surface area (Å²) in [5.74, 6) is 1.37. The van der Waals surface area contributed by atoms with Crippen molar-refractivity contribution in [3.05, 3.63) is 42.5 Å². The summed E-state index contributed by atoms with van der Waals surface area (Å²) in [6.07, 6.45) is 2.21. The number of hydrogen-bond donors (Lipinski definition) is 2. The van der Waals surface area contributed by atoms with Gasteiger partial charge in [0.25, 0.3) is 0 Å². The molecular weight excluding hydrogens is 471 g/mol. The van der Waals surface area contributed by atoms with Crippen LogP contribution < -0.4 is 10.6 Å². The van der Waals surface area contributed by atoms with E-state index in [2.05, 4.69) is 41.0 Å². The van der Waals surface area contributed by atoms with Crippen LogP contribution in [0.4, 0.5) is 0 Å². The van der Waals surface area contributed by atoms with Crippen LogP contribution in [0.15, 0.2) is 52.4 Å². The normalized spacial score (nSPS) is 17.0. The highest BCUT2D eigenvalue weighted by atomic mass is 127. The quantitative estimate of drug-likeness (QED) is 0.248. The van der Waals surface area contributed by atoms with Crippen molar-refractivity contribution in [3.63, 3.8) is 0 Å². The highest BCUT2D eigenvalue weighted by molar-refractivity contribution is 14.0. The molecule has 152 valence electrons. The zero-order valence-electron chi connectivity index (χ0n) is 16.4. The summed E-state index contributed by atoms with van der Waals surface area (Å²) in [7, 11) is -0.999. The van der Waals surface area contributed by atoms with Crippen LogP contribution in [-0.2, 0) is 10.8 Å². The van der Waals surface area contributed by atoms with Crippen molar-refractivity contribution in [1.82, 2.24) is 15.5 Å². The van der Waals surface area contributed by atoms with Gasteiger partial charge in [-0.05, 0) is 38.8 Å². The van der Waals surface area contributed by atoms with Crippen molar-refractivity contribution in [2.75, 3.05) is 38.5 Å². The molecule has 1 unspecified atom stereocenters. The molecule has 1 aromatic rings. The van der Waals surface area contributed by atoms with E-state index in [1.54, 1.807) is 0 Å². The minimum Gasteiger partial charge on any atom is -0.357 e. The molecule has 7 heteroatoms. The lowest BCUT2D eigenvalue weighted by Crippen LogP contribution is -2.49. The molecule has 1 saturated heterocycles. The first-order chi connectivity index (χ1) is 12.6. The van der Waals surface area contributed by atoms with E-state index in [9.17, 15) is 4.21 Å². The van der Waals surface area contributed by atoms with Crippen molar-refractivity contribution in [3.8, 4) is 0 Å². The van der Waals surface area contributed by atoms with Gasteiger partial charge >= 0.3 is 0 Å². The Balaban J connectivity index is 0.00000364. The fourth-order valence-corrected chi connectivity index (χ4v) is 4.01. The fraction of sp³-hybridized carbons (Fsp3) is 0.550. The van der Waals surface area contributed by atoms with Gasteiger partial charge in [0.1, 0.15) is 0 Å². The van der Waals surface area contributed by atoms with Crippen molar-refractivity contribution >= 4 is 40.7 Å². The molecule has 27 heavy (non-hydrogen) atoms. The summed E-state index contributed by atoms with van der Waals surface area (Å²) >= 11 is 0. The third-order valence-corrected chi connectivity index (χ3v) is 5.67. The molecule has 0 radical (unpaired) electrons. The Bertz CT molecular complexity index is 616. The Kier molecular flexibility index (Phi) is 11.9. The van der Waals surface area contributed by atoms with Crippen LogP contribution in [-0.4, -0.2) is 59.6 Å². The highest BCUT2D eigenvalue weighted by Crippen LogP contribution is 2.11. The molecule has 2 N–H and O–H groups in total. The van der Waals surface area contributed by atoms with Gasteiger partial charge in [-0.2, -0.15) is 0 Å². The smallest absolute Gasteiger partial charge is 0.191 e. The van der Waals surface area contributed by atoms with Crippen LogP contribution in [0.25, 0.3) is 0 Å². The zero-order chi connectivity index (χ0) is 18.8. The molecule has 1 atom stereocenters. The second kappa shape index (κ2) is 13.3. The predicted octanol–water partition coefficient (Wildman–Crippen LogP) is 3.01. The predicted molar refractivity (Wildman–Crippen MR) is 127 cm³/mol. The molecule has 1 aliphatic heterocycles. The van der Waals surface area contributed by atoms with E-state index in [4.69, 9.17) is 0 Å². The number of guanidine groups is 1. The van der Waals surface area contributed by atoms with Gasteiger partial charge in [0.2, 0.25) is 0 Å². The number of likely N-dealkylation sites (tertiary alicyclic amines) is 1. The Hall–Kier alpha value is -0.930. The van der Waals surface area contributed by atoms with Gasteiger partial charge in [-0.25, -0.2) is 0 Å². The number of aliphatic imine (C=N–C) groups is 1. The van der Waals surface area contributed by atoms with Gasteiger partial charge in [-0.3, -0.25) is 14.1 Å². The Morgan fingerprint density at radius 1 is 1.30 bits per heavy atom. The molecule has 0 aliphatic carbocycles. The van der Waals surface area contributed by atoms with Crippen molar-refractivity contribution in [2.45, 2.75) is 37.6 Å². The number of rotatable bonds is 8. The summed E-state index contributed by atoms with van der Waals surface area (Å²) in [4.78, 5) is 7.93. The third kappa shape index (κ3) is 9.21. The summed E-state index contributed by atoms with van der Waals surface area (Å²) in [6.45, 7) is 12.7. The minimum atomic E-state index is -0.999. The lowest BCUT2D eigenvalue weighted by atomic mass is 10.0. The summed E-state index contributed by atoms with van der Waals surface area (Å²) in [5, 5.41) is 6.83. The molecule has 0 bridgehead atoms. The third-order valence-electron chi connectivity index (χ3n) is 4.32. The topological polar surface area (TPSA) is 56.7 Å². The monoisotopic (exact) mass is 504 g/mol. The molecule has 1 aliphatic rings. The van der Waals surface area contributed by atoms with Crippen LogP contribution in [0, 0.1) is 0 Å². The van der Waals surface area contributed by atoms with E-state index in [-0.39, 0.29) is 24.0 Å². The van der Waals surface area contributed by atoms with Crippen LogP contribution in [0.1, 0.15) is 26.7 Å². The van der Waals surface area contributed by atoms with Crippen LogP contribution in [0.2, 0.25) is 0 Å². The largest absolute Gasteiger partial charge is 0.357 e. The Morgan fingerprint density at radius 3 is 2.56 bits per heavy atom. The molecule has 1 aromatic carbocycles. The molecule has 2 rings (SSSR count). The number of piperidine rings is 1. The average molecular weight is 504 g/mol. The molecule has 1 fully saturated rings. The van der Waals surface area contributed by atoms with Gasteiger partial charge in [-0.1, -0.05) is 30.4 Å². The van der Waals surface area contributed by atoms with E-state index in [1.807, 2.05) is 30.3 Å². The number of hydrogen-bond acceptors (Lipinski definition) is 3. The van der Waals surface area contributed by atoms with Gasteiger partial charge < -0.3 is 10.6 Å². The first-order valence-electron chi connectivity index (χ1n) is 9.43. The van der Waals surface area contributed by atoms with Gasteiger partial charge in [0.05, 0.1) is 17.3 Å². The number of nitrogens with zero attached hydrogens (tertiary/aromatic N) is 2. The van der Waals surface area contributed by atoms with E-state index in [1.165, 1.54) is 5.57 Å². The lowest BCUT2D eigenvalue weighted by molar-refractivity contribution is 0.221. The number of nitrogens with one attached hydrogen (secondary N) is 2. The molecule has 0 amide bonds. The second-order valence-electron chi connectivity index (χ2n) is 6.78. The molecular formula is C20H33IN4OS. The minimum absolute atomic E-state index is 0. The second-order valence-corrected chi connectivity index (χ2v) is 8.35. The van der Waals surface area contributed by atoms with E-state index in [0.717, 1.165) is 49.9 Å². The number of halogens is 1. The van der Waals surface area contributed by atoms with Gasteiger partial charge in [-0.15, -0.1) is 24.0 Å². The molecule has 0 saturated carbocycles. The molecule has 1 heterocycles. The highest BCUT2D eigenvalue weighted by Gasteiger charge is 2.19. The summed E-state index contributed by atoms with van der Waals surface area (Å²) in [6, 6.07) is 10.0. The lowest BCUT2D eigenvalue weighted by Gasteiger charge is -2.33. The van der Waals surface area contributed by atoms with Crippen LogP contribution >= 0.6 is 24.0 Å². The zero-order valence-corrected chi connectivity index (χ0v) is 19.6. The molecule has 0 aromatic heterocycles. The van der Waals surface area contributed by atoms with Crippen molar-refractivity contribution in [2.24, 2.45) is 4.99 Å². The van der Waals surface area contributed by atoms with Gasteiger partial charge in [0.15, 0.2) is 5.96 Å². The SMILES string of the molecule is C=C(C)CN1CCC(NC(=NCCS(=O)c2ccccc2)NCC)CC1.I. The average Bonchev–Trinajstić information content (AvgIpc) is 2.63. The maximum Gasteiger partial charge on any atom is 0.191 e.